The number of halogens is 2. The first-order valence-corrected chi connectivity index (χ1v) is 8.40. The van der Waals surface area contributed by atoms with Crippen LogP contribution >= 0.6 is 11.3 Å². The molecule has 0 bridgehead atoms. The monoisotopic (exact) mass is 363 g/mol. The van der Waals surface area contributed by atoms with Crippen LogP contribution in [-0.2, 0) is 4.74 Å². The smallest absolute Gasteiger partial charge is 0.183 e. The van der Waals surface area contributed by atoms with E-state index in [1.807, 2.05) is 0 Å². The molecule has 0 aliphatic carbocycles. The molecule has 0 spiro atoms. The van der Waals surface area contributed by atoms with Gasteiger partial charge in [0.25, 0.3) is 0 Å². The van der Waals surface area contributed by atoms with E-state index in [2.05, 4.69) is 16.1 Å². The molecular weight excluding hydrogens is 348 g/mol. The van der Waals surface area contributed by atoms with Gasteiger partial charge in [-0.1, -0.05) is 17.3 Å². The molecule has 1 aromatic heterocycles. The van der Waals surface area contributed by atoms with Gasteiger partial charge < -0.3 is 9.64 Å². The number of rotatable bonds is 3. The second-order valence-electron chi connectivity index (χ2n) is 5.74. The molecule has 2 aromatic rings. The normalized spacial score (nSPS) is 20.4. The third-order valence-corrected chi connectivity index (χ3v) is 4.73. The molecule has 0 amide bonds. The van der Waals surface area contributed by atoms with Crippen molar-refractivity contribution in [3.05, 3.63) is 28.3 Å². The first kappa shape index (κ1) is 17.5. The van der Waals surface area contributed by atoms with Gasteiger partial charge in [-0.25, -0.2) is 8.78 Å². The Balaban J connectivity index is 2.10. The Hall–Kier alpha value is -2.37. The molecule has 1 aliphatic heterocycles. The minimum atomic E-state index is -1.10. The summed E-state index contributed by atoms with van der Waals surface area (Å²) >= 11 is 1.12. The highest BCUT2D eigenvalue weighted by atomic mass is 32.1. The Morgan fingerprint density at radius 3 is 2.76 bits per heavy atom. The lowest BCUT2D eigenvalue weighted by Crippen LogP contribution is -2.47. The van der Waals surface area contributed by atoms with E-state index in [0.29, 0.717) is 17.8 Å². The average Bonchev–Trinajstić information content (AvgIpc) is 3.02. The fourth-order valence-corrected chi connectivity index (χ4v) is 3.54. The van der Waals surface area contributed by atoms with Crippen LogP contribution < -0.4 is 4.90 Å². The van der Waals surface area contributed by atoms with E-state index >= 15 is 0 Å². The zero-order chi connectivity index (χ0) is 18.1. The number of hydrogen-bond donors (Lipinski definition) is 0. The van der Waals surface area contributed by atoms with E-state index in [1.54, 1.807) is 18.7 Å². The van der Waals surface area contributed by atoms with Gasteiger partial charge in [-0.05, 0) is 19.9 Å². The zero-order valence-electron chi connectivity index (χ0n) is 13.6. The predicted molar refractivity (Wildman–Crippen MR) is 90.8 cm³/mol. The van der Waals surface area contributed by atoms with Crippen molar-refractivity contribution >= 4 is 23.3 Å². The molecule has 0 N–H and O–H groups in total. The van der Waals surface area contributed by atoms with Gasteiger partial charge in [0.15, 0.2) is 22.9 Å². The van der Waals surface area contributed by atoms with Crippen molar-refractivity contribution in [2.75, 3.05) is 18.0 Å². The summed E-state index contributed by atoms with van der Waals surface area (Å²) in [5.74, 6) is 0.299. The van der Waals surface area contributed by atoms with Crippen LogP contribution in [-0.4, -0.2) is 41.8 Å². The van der Waals surface area contributed by atoms with E-state index < -0.39 is 17.7 Å². The van der Waals surface area contributed by atoms with Crippen molar-refractivity contribution in [2.45, 2.75) is 26.1 Å². The first-order valence-electron chi connectivity index (χ1n) is 7.58. The molecule has 2 atom stereocenters. The maximum Gasteiger partial charge on any atom is 0.183 e. The maximum atomic E-state index is 14.8. The minimum absolute atomic E-state index is 0.0339. The number of ether oxygens (including phenoxy) is 1. The predicted octanol–water partition coefficient (Wildman–Crippen LogP) is 2.83. The molecule has 0 radical (unpaired) electrons. The topological polar surface area (TPSA) is 55.3 Å². The van der Waals surface area contributed by atoms with Crippen molar-refractivity contribution in [1.29, 1.82) is 0 Å². The van der Waals surface area contributed by atoms with E-state index in [9.17, 15) is 13.6 Å². The lowest BCUT2D eigenvalue weighted by molar-refractivity contribution is 0.0151. The Morgan fingerprint density at radius 1 is 1.40 bits per heavy atom. The Morgan fingerprint density at radius 2 is 2.16 bits per heavy atom. The van der Waals surface area contributed by atoms with E-state index in [-0.39, 0.29) is 34.5 Å². The number of terminal acetylenes is 1. The molecule has 1 aliphatic rings. The van der Waals surface area contributed by atoms with Crippen LogP contribution in [0.2, 0.25) is 0 Å². The van der Waals surface area contributed by atoms with Gasteiger partial charge in [0.2, 0.25) is 0 Å². The Bertz CT molecular complexity index is 862. The number of carbonyl (C=O) groups is 1. The van der Waals surface area contributed by atoms with Gasteiger partial charge in [0, 0.05) is 12.1 Å². The summed E-state index contributed by atoms with van der Waals surface area (Å²) < 4.78 is 35.0. The number of morpholine rings is 1. The summed E-state index contributed by atoms with van der Waals surface area (Å²) in [5.41, 5.74) is -0.150. The lowest BCUT2D eigenvalue weighted by atomic mass is 10.1. The third kappa shape index (κ3) is 3.25. The Kier molecular flexibility index (Phi) is 4.79. The summed E-state index contributed by atoms with van der Waals surface area (Å²) in [7, 11) is 0. The molecule has 3 rings (SSSR count). The van der Waals surface area contributed by atoms with Crippen molar-refractivity contribution in [1.82, 2.24) is 10.2 Å². The van der Waals surface area contributed by atoms with Crippen molar-refractivity contribution in [3.8, 4) is 22.9 Å². The number of nitrogens with zero attached hydrogens (tertiary/aromatic N) is 3. The van der Waals surface area contributed by atoms with Gasteiger partial charge in [0.1, 0.15) is 11.1 Å². The molecule has 1 fully saturated rings. The number of aldehydes is 1. The fraction of sp³-hybridized carbons (Fsp3) is 0.353. The van der Waals surface area contributed by atoms with E-state index in [1.165, 1.54) is 6.07 Å². The molecule has 1 aromatic carbocycles. The first-order chi connectivity index (χ1) is 11.9. The molecular formula is C17H15F2N3O2S. The lowest BCUT2D eigenvalue weighted by Gasteiger charge is -2.37. The second kappa shape index (κ2) is 6.86. The molecule has 25 heavy (non-hydrogen) atoms. The standard InChI is InChI=1S/C17H15F2N3O2S/c1-4-12-7-22(6-9(2)24-12)16-11(8-23)5-13(14(18)15(16)19)17-21-20-10(3)25-17/h1,5,8-9,12H,6-7H2,2-3H3/t9?,12-/m1/s1. The fourth-order valence-electron chi connectivity index (χ4n) is 2.83. The summed E-state index contributed by atoms with van der Waals surface area (Å²) in [5, 5.41) is 8.47. The molecule has 130 valence electrons. The highest BCUT2D eigenvalue weighted by molar-refractivity contribution is 7.14. The van der Waals surface area contributed by atoms with Crippen molar-refractivity contribution < 1.29 is 18.3 Å². The summed E-state index contributed by atoms with van der Waals surface area (Å²) in [6.45, 7) is 3.96. The summed E-state index contributed by atoms with van der Waals surface area (Å²) in [4.78, 5) is 13.1. The van der Waals surface area contributed by atoms with Gasteiger partial charge in [-0.3, -0.25) is 4.79 Å². The van der Waals surface area contributed by atoms with E-state index in [0.717, 1.165) is 11.3 Å². The van der Waals surface area contributed by atoms with Crippen LogP contribution in [0.15, 0.2) is 6.07 Å². The summed E-state index contributed by atoms with van der Waals surface area (Å²) in [6, 6.07) is 1.30. The molecule has 8 heteroatoms. The highest BCUT2D eigenvalue weighted by Gasteiger charge is 2.30. The highest BCUT2D eigenvalue weighted by Crippen LogP contribution is 2.35. The van der Waals surface area contributed by atoms with Crippen LogP contribution in [0, 0.1) is 30.9 Å². The van der Waals surface area contributed by atoms with Gasteiger partial charge in [-0.2, -0.15) is 0 Å². The van der Waals surface area contributed by atoms with Crippen LogP contribution in [0.3, 0.4) is 0 Å². The third-order valence-electron chi connectivity index (χ3n) is 3.86. The number of hydrogen-bond acceptors (Lipinski definition) is 6. The molecule has 5 nitrogen and oxygen atoms in total. The number of aryl methyl sites for hydroxylation is 1. The van der Waals surface area contributed by atoms with Crippen LogP contribution in [0.1, 0.15) is 22.3 Å². The van der Waals surface area contributed by atoms with Gasteiger partial charge in [-0.15, -0.1) is 16.6 Å². The molecule has 0 saturated carbocycles. The quantitative estimate of drug-likeness (QED) is 0.620. The maximum absolute atomic E-state index is 14.8. The van der Waals surface area contributed by atoms with Crippen LogP contribution in [0.4, 0.5) is 14.5 Å². The van der Waals surface area contributed by atoms with Crippen molar-refractivity contribution in [2.24, 2.45) is 0 Å². The van der Waals surface area contributed by atoms with E-state index in [4.69, 9.17) is 11.2 Å². The van der Waals surface area contributed by atoms with Crippen LogP contribution in [0.25, 0.3) is 10.6 Å². The molecule has 1 saturated heterocycles. The summed E-state index contributed by atoms with van der Waals surface area (Å²) in [6.07, 6.45) is 5.06. The number of carbonyl (C=O) groups excluding carboxylic acids is 1. The van der Waals surface area contributed by atoms with Crippen LogP contribution in [0.5, 0.6) is 0 Å². The molecule has 2 heterocycles. The minimum Gasteiger partial charge on any atom is -0.362 e. The SMILES string of the molecule is C#C[C@@H]1CN(c2c(C=O)cc(-c3nnc(C)s3)c(F)c2F)CC(C)O1. The number of anilines is 1. The Labute approximate surface area is 147 Å². The second-order valence-corrected chi connectivity index (χ2v) is 6.92. The largest absolute Gasteiger partial charge is 0.362 e. The van der Waals surface area contributed by atoms with Gasteiger partial charge >= 0.3 is 0 Å². The van der Waals surface area contributed by atoms with Crippen molar-refractivity contribution in [3.63, 3.8) is 0 Å². The van der Waals surface area contributed by atoms with Gasteiger partial charge in [0.05, 0.1) is 23.9 Å². The number of aromatic nitrogens is 2. The zero-order valence-corrected chi connectivity index (χ0v) is 14.4. The molecule has 1 unspecified atom stereocenters. The number of benzene rings is 1. The average molecular weight is 363 g/mol.